The minimum absolute atomic E-state index is 0.000874. The van der Waals surface area contributed by atoms with Gasteiger partial charge in [0.15, 0.2) is 0 Å². The van der Waals surface area contributed by atoms with E-state index in [1.54, 1.807) is 13.2 Å². The molecule has 1 aliphatic rings. The van der Waals surface area contributed by atoms with Crippen LogP contribution < -0.4 is 9.47 Å². The molecule has 3 rings (SSSR count). The fourth-order valence-electron chi connectivity index (χ4n) is 3.22. The fraction of sp³-hybridized carbons (Fsp3) is 0.292. The van der Waals surface area contributed by atoms with Crippen molar-refractivity contribution in [3.05, 3.63) is 64.1 Å². The number of nitrogens with zero attached hydrogens (tertiary/aromatic N) is 1. The average molecular weight is 472 g/mol. The summed E-state index contributed by atoms with van der Waals surface area (Å²) >= 11 is 6.53. The van der Waals surface area contributed by atoms with Gasteiger partial charge in [-0.25, -0.2) is 0 Å². The van der Waals surface area contributed by atoms with Crippen LogP contribution in [0.3, 0.4) is 0 Å². The first-order valence-corrected chi connectivity index (χ1v) is 11.5. The van der Waals surface area contributed by atoms with Crippen molar-refractivity contribution in [3.63, 3.8) is 0 Å². The van der Waals surface area contributed by atoms with Crippen molar-refractivity contribution >= 4 is 46.3 Å². The highest BCUT2D eigenvalue weighted by molar-refractivity contribution is 8.26. The summed E-state index contributed by atoms with van der Waals surface area (Å²) in [4.78, 5) is 25.4. The van der Waals surface area contributed by atoms with Gasteiger partial charge in [0.05, 0.1) is 12.0 Å². The Hall–Kier alpha value is -2.84. The summed E-state index contributed by atoms with van der Waals surface area (Å²) in [5.41, 5.74) is 2.94. The second-order valence-electron chi connectivity index (χ2n) is 7.19. The number of carbonyl (C=O) groups excluding carboxylic acids is 1. The molecule has 32 heavy (non-hydrogen) atoms. The number of hydrogen-bond donors (Lipinski definition) is 1. The molecule has 1 amide bonds. The summed E-state index contributed by atoms with van der Waals surface area (Å²) in [5, 5.41) is 8.80. The van der Waals surface area contributed by atoms with Crippen molar-refractivity contribution in [2.45, 2.75) is 32.8 Å². The fourth-order valence-corrected chi connectivity index (χ4v) is 4.52. The maximum absolute atomic E-state index is 12.7. The topological polar surface area (TPSA) is 76.1 Å². The summed E-state index contributed by atoms with van der Waals surface area (Å²) in [6, 6.07) is 13.6. The summed E-state index contributed by atoms with van der Waals surface area (Å²) in [5.74, 6) is 0.390. The molecule has 1 saturated heterocycles. The number of carbonyl (C=O) groups is 2. The highest BCUT2D eigenvalue weighted by Crippen LogP contribution is 2.33. The first kappa shape index (κ1) is 23.8. The lowest BCUT2D eigenvalue weighted by molar-refractivity contribution is -0.137. The van der Waals surface area contributed by atoms with Gasteiger partial charge in [0.1, 0.15) is 22.4 Å². The number of benzene rings is 2. The Morgan fingerprint density at radius 1 is 1.22 bits per heavy atom. The molecule has 0 aliphatic carbocycles. The molecule has 1 heterocycles. The maximum Gasteiger partial charge on any atom is 0.303 e. The Kier molecular flexibility index (Phi) is 8.30. The summed E-state index contributed by atoms with van der Waals surface area (Å²) < 4.78 is 11.8. The van der Waals surface area contributed by atoms with E-state index >= 15 is 0 Å². The third-order valence-electron chi connectivity index (χ3n) is 4.97. The van der Waals surface area contributed by atoms with Crippen molar-refractivity contribution in [2.75, 3.05) is 13.7 Å². The van der Waals surface area contributed by atoms with E-state index in [4.69, 9.17) is 26.8 Å². The molecule has 1 aliphatic heterocycles. The molecule has 6 nitrogen and oxygen atoms in total. The largest absolute Gasteiger partial charge is 0.496 e. The van der Waals surface area contributed by atoms with Gasteiger partial charge in [0.25, 0.3) is 5.91 Å². The van der Waals surface area contributed by atoms with Crippen molar-refractivity contribution in [2.24, 2.45) is 0 Å². The molecule has 1 fully saturated rings. The van der Waals surface area contributed by atoms with Crippen molar-refractivity contribution in [1.29, 1.82) is 0 Å². The summed E-state index contributed by atoms with van der Waals surface area (Å²) in [6.07, 6.45) is 3.12. The van der Waals surface area contributed by atoms with Crippen LogP contribution in [-0.2, 0) is 22.6 Å². The Morgan fingerprint density at radius 2 is 1.97 bits per heavy atom. The molecule has 8 heteroatoms. The van der Waals surface area contributed by atoms with Crippen LogP contribution in [0.15, 0.2) is 47.4 Å². The van der Waals surface area contributed by atoms with Crippen LogP contribution in [0, 0.1) is 0 Å². The molecule has 0 unspecified atom stereocenters. The first-order valence-electron chi connectivity index (χ1n) is 10.3. The van der Waals surface area contributed by atoms with Gasteiger partial charge >= 0.3 is 5.97 Å². The average Bonchev–Trinajstić information content (AvgIpc) is 3.05. The molecule has 0 saturated carbocycles. The summed E-state index contributed by atoms with van der Waals surface area (Å²) in [7, 11) is 1.61. The van der Waals surface area contributed by atoms with Crippen molar-refractivity contribution in [1.82, 2.24) is 4.90 Å². The molecule has 0 bridgehead atoms. The van der Waals surface area contributed by atoms with Crippen LogP contribution in [0.5, 0.6) is 11.5 Å². The second-order valence-corrected chi connectivity index (χ2v) is 8.86. The minimum Gasteiger partial charge on any atom is -0.496 e. The SMILES string of the molecule is CCc1ccc(OCc2cc(/C=C3\SC(=S)N(CCCC(=O)O)C3=O)ccc2OC)cc1. The van der Waals surface area contributed by atoms with Crippen LogP contribution in [0.25, 0.3) is 6.08 Å². The molecule has 0 radical (unpaired) electrons. The monoisotopic (exact) mass is 471 g/mol. The van der Waals surface area contributed by atoms with Crippen LogP contribution in [0.4, 0.5) is 0 Å². The third kappa shape index (κ3) is 6.11. The van der Waals surface area contributed by atoms with E-state index < -0.39 is 5.97 Å². The molecule has 0 spiro atoms. The molecular weight excluding hydrogens is 446 g/mol. The molecular formula is C24H25NO5S2. The van der Waals surface area contributed by atoms with Crippen LogP contribution >= 0.6 is 24.0 Å². The normalized spacial score (nSPS) is 14.8. The van der Waals surface area contributed by atoms with Crippen LogP contribution in [-0.4, -0.2) is 39.9 Å². The van der Waals surface area contributed by atoms with Gasteiger partial charge in [-0.15, -0.1) is 0 Å². The number of rotatable bonds is 10. The van der Waals surface area contributed by atoms with Gasteiger partial charge in [-0.05, 0) is 54.3 Å². The number of amides is 1. The van der Waals surface area contributed by atoms with E-state index in [0.29, 0.717) is 34.5 Å². The predicted molar refractivity (Wildman–Crippen MR) is 130 cm³/mol. The highest BCUT2D eigenvalue weighted by Gasteiger charge is 2.31. The Balaban J connectivity index is 1.72. The zero-order chi connectivity index (χ0) is 23.1. The number of methoxy groups -OCH3 is 1. The number of thioether (sulfide) groups is 1. The molecule has 168 valence electrons. The Bertz CT molecular complexity index is 1030. The van der Waals surface area contributed by atoms with E-state index in [1.807, 2.05) is 42.5 Å². The van der Waals surface area contributed by atoms with E-state index in [1.165, 1.54) is 22.2 Å². The predicted octanol–water partition coefficient (Wildman–Crippen LogP) is 4.90. The first-order chi connectivity index (χ1) is 15.4. The van der Waals surface area contributed by atoms with E-state index in [-0.39, 0.29) is 12.3 Å². The molecule has 2 aromatic carbocycles. The van der Waals surface area contributed by atoms with Crippen LogP contribution in [0.2, 0.25) is 0 Å². The van der Waals surface area contributed by atoms with Gasteiger partial charge in [-0.1, -0.05) is 49.1 Å². The molecule has 2 aromatic rings. The molecule has 1 N–H and O–H groups in total. The van der Waals surface area contributed by atoms with E-state index in [9.17, 15) is 9.59 Å². The molecule has 0 atom stereocenters. The lowest BCUT2D eigenvalue weighted by Crippen LogP contribution is -2.29. The van der Waals surface area contributed by atoms with E-state index in [0.717, 1.165) is 23.3 Å². The van der Waals surface area contributed by atoms with Gasteiger partial charge in [0, 0.05) is 18.5 Å². The number of carboxylic acid groups (broad SMARTS) is 1. The van der Waals surface area contributed by atoms with Gasteiger partial charge < -0.3 is 14.6 Å². The highest BCUT2D eigenvalue weighted by atomic mass is 32.2. The van der Waals surface area contributed by atoms with Crippen LogP contribution in [0.1, 0.15) is 36.5 Å². The number of carboxylic acids is 1. The Morgan fingerprint density at radius 3 is 2.62 bits per heavy atom. The number of aryl methyl sites for hydroxylation is 1. The maximum atomic E-state index is 12.7. The van der Waals surface area contributed by atoms with Gasteiger partial charge in [-0.3, -0.25) is 14.5 Å². The smallest absolute Gasteiger partial charge is 0.303 e. The lowest BCUT2D eigenvalue weighted by atomic mass is 10.1. The number of thiocarbonyl (C=S) groups is 1. The van der Waals surface area contributed by atoms with Crippen molar-refractivity contribution in [3.8, 4) is 11.5 Å². The van der Waals surface area contributed by atoms with Gasteiger partial charge in [0.2, 0.25) is 0 Å². The third-order valence-corrected chi connectivity index (χ3v) is 6.35. The second kappa shape index (κ2) is 11.2. The zero-order valence-corrected chi connectivity index (χ0v) is 19.6. The van der Waals surface area contributed by atoms with E-state index in [2.05, 4.69) is 6.92 Å². The minimum atomic E-state index is -0.889. The molecule has 0 aromatic heterocycles. The number of aliphatic carboxylic acids is 1. The number of hydrogen-bond acceptors (Lipinski definition) is 6. The van der Waals surface area contributed by atoms with Crippen molar-refractivity contribution < 1.29 is 24.2 Å². The standard InChI is InChI=1S/C24H25NO5S2/c1-3-16-6-9-19(10-7-16)30-15-18-13-17(8-11-20(18)29-2)14-21-23(28)25(24(31)32-21)12-4-5-22(26)27/h6-11,13-14H,3-5,12,15H2,1-2H3,(H,26,27)/b21-14-. The lowest BCUT2D eigenvalue weighted by Gasteiger charge is -2.13. The van der Waals surface area contributed by atoms with Gasteiger partial charge in [-0.2, -0.15) is 0 Å². The number of ether oxygens (including phenoxy) is 2. The zero-order valence-electron chi connectivity index (χ0n) is 18.0. The quantitative estimate of drug-likeness (QED) is 0.390. The summed E-state index contributed by atoms with van der Waals surface area (Å²) in [6.45, 7) is 2.73. The Labute approximate surface area is 197 Å².